The van der Waals surface area contributed by atoms with Gasteiger partial charge in [-0.25, -0.2) is 13.8 Å². The van der Waals surface area contributed by atoms with Crippen molar-refractivity contribution >= 4 is 11.3 Å². The van der Waals surface area contributed by atoms with E-state index in [9.17, 15) is 8.78 Å². The Morgan fingerprint density at radius 1 is 1.37 bits per heavy atom. The van der Waals surface area contributed by atoms with Gasteiger partial charge in [0.1, 0.15) is 5.01 Å². The highest BCUT2D eigenvalue weighted by Crippen LogP contribution is 2.36. The van der Waals surface area contributed by atoms with Crippen molar-refractivity contribution in [1.82, 2.24) is 4.98 Å². The maximum Gasteiger partial charge on any atom is 0.263 e. The van der Waals surface area contributed by atoms with Crippen LogP contribution in [0.2, 0.25) is 0 Å². The number of halogens is 2. The van der Waals surface area contributed by atoms with Crippen molar-refractivity contribution in [1.29, 1.82) is 0 Å². The largest absolute Gasteiger partial charge is 0.323 e. The van der Waals surface area contributed by atoms with Crippen LogP contribution in [0.15, 0.2) is 24.3 Å². The van der Waals surface area contributed by atoms with Crippen LogP contribution >= 0.6 is 11.3 Å². The molecule has 1 atom stereocenters. The van der Waals surface area contributed by atoms with Gasteiger partial charge < -0.3 is 5.73 Å². The van der Waals surface area contributed by atoms with Gasteiger partial charge in [-0.15, -0.1) is 11.3 Å². The van der Waals surface area contributed by atoms with Crippen LogP contribution in [0.1, 0.15) is 41.4 Å². The second-order valence-corrected chi connectivity index (χ2v) is 5.84. The first kappa shape index (κ1) is 12.7. The molecular weight excluding hydrogens is 266 g/mol. The molecule has 2 N–H and O–H groups in total. The molecule has 5 heteroatoms. The van der Waals surface area contributed by atoms with Crippen LogP contribution in [0.4, 0.5) is 8.78 Å². The van der Waals surface area contributed by atoms with Gasteiger partial charge >= 0.3 is 0 Å². The van der Waals surface area contributed by atoms with Crippen molar-refractivity contribution in [2.75, 3.05) is 0 Å². The number of aromatic nitrogens is 1. The standard InChI is InChI=1S/C14H14F2N2S/c15-13(16)8-3-1-4-9(7-8)14-18-12-10(17)5-2-6-11(12)19-14/h1,3-4,7,10,13H,2,5-6,17H2. The van der Waals surface area contributed by atoms with Gasteiger partial charge in [0, 0.05) is 22.0 Å². The molecule has 0 radical (unpaired) electrons. The second-order valence-electron chi connectivity index (χ2n) is 4.75. The number of fused-ring (bicyclic) bond motifs is 1. The SMILES string of the molecule is NC1CCCc2sc(-c3cccc(C(F)F)c3)nc21. The molecule has 2 nitrogen and oxygen atoms in total. The fourth-order valence-electron chi connectivity index (χ4n) is 2.38. The summed E-state index contributed by atoms with van der Waals surface area (Å²) < 4.78 is 25.4. The maximum atomic E-state index is 12.7. The Kier molecular flexibility index (Phi) is 3.33. The van der Waals surface area contributed by atoms with Crippen LogP contribution in [-0.2, 0) is 6.42 Å². The summed E-state index contributed by atoms with van der Waals surface area (Å²) in [6, 6.07) is 6.42. The van der Waals surface area contributed by atoms with Crippen LogP contribution in [-0.4, -0.2) is 4.98 Å². The van der Waals surface area contributed by atoms with Gasteiger partial charge in [-0.3, -0.25) is 0 Å². The number of benzene rings is 1. The summed E-state index contributed by atoms with van der Waals surface area (Å²) in [7, 11) is 0. The Balaban J connectivity index is 2.00. The number of hydrogen-bond acceptors (Lipinski definition) is 3. The summed E-state index contributed by atoms with van der Waals surface area (Å²) in [5.41, 5.74) is 7.78. The van der Waals surface area contributed by atoms with Crippen molar-refractivity contribution in [3.63, 3.8) is 0 Å². The number of hydrogen-bond donors (Lipinski definition) is 1. The molecule has 1 aromatic heterocycles. The first-order valence-corrected chi connectivity index (χ1v) is 7.10. The van der Waals surface area contributed by atoms with Crippen LogP contribution in [0.3, 0.4) is 0 Å². The highest BCUT2D eigenvalue weighted by molar-refractivity contribution is 7.15. The van der Waals surface area contributed by atoms with Crippen LogP contribution < -0.4 is 5.73 Å². The van der Waals surface area contributed by atoms with Crippen LogP contribution in [0, 0.1) is 0 Å². The molecule has 3 rings (SSSR count). The van der Waals surface area contributed by atoms with E-state index in [2.05, 4.69) is 4.98 Å². The fourth-order valence-corrected chi connectivity index (χ4v) is 3.55. The molecule has 2 aromatic rings. The molecule has 1 aliphatic rings. The number of rotatable bonds is 2. The molecule has 1 unspecified atom stereocenters. The van der Waals surface area contributed by atoms with Crippen LogP contribution in [0.5, 0.6) is 0 Å². The Bertz CT molecular complexity index is 595. The van der Waals surface area contributed by atoms with Gasteiger partial charge in [-0.2, -0.15) is 0 Å². The van der Waals surface area contributed by atoms with Gasteiger partial charge in [0.25, 0.3) is 6.43 Å². The number of nitrogens with two attached hydrogens (primary N) is 1. The van der Waals surface area contributed by atoms with E-state index < -0.39 is 6.43 Å². The van der Waals surface area contributed by atoms with Gasteiger partial charge in [0.05, 0.1) is 5.69 Å². The topological polar surface area (TPSA) is 38.9 Å². The Morgan fingerprint density at radius 2 is 2.21 bits per heavy atom. The average Bonchev–Trinajstić information content (AvgIpc) is 2.84. The molecule has 1 aliphatic carbocycles. The molecule has 0 saturated heterocycles. The molecule has 19 heavy (non-hydrogen) atoms. The molecular formula is C14H14F2N2S. The quantitative estimate of drug-likeness (QED) is 0.900. The first-order chi connectivity index (χ1) is 9.15. The van der Waals surface area contributed by atoms with E-state index in [1.54, 1.807) is 17.4 Å². The molecule has 0 aliphatic heterocycles. The Labute approximate surface area is 114 Å². The van der Waals surface area contributed by atoms with Crippen molar-refractivity contribution < 1.29 is 8.78 Å². The minimum Gasteiger partial charge on any atom is -0.323 e. The number of thiazole rings is 1. The van der Waals surface area contributed by atoms with Crippen LogP contribution in [0.25, 0.3) is 10.6 Å². The lowest BCUT2D eigenvalue weighted by molar-refractivity contribution is 0.151. The zero-order valence-electron chi connectivity index (χ0n) is 10.3. The van der Waals surface area contributed by atoms with Crippen molar-refractivity contribution in [2.45, 2.75) is 31.7 Å². The summed E-state index contributed by atoms with van der Waals surface area (Å²) in [4.78, 5) is 5.76. The normalized spacial score (nSPS) is 18.6. The molecule has 1 heterocycles. The number of nitrogens with zero attached hydrogens (tertiary/aromatic N) is 1. The van der Waals surface area contributed by atoms with E-state index in [4.69, 9.17) is 5.73 Å². The van der Waals surface area contributed by atoms with E-state index in [1.165, 1.54) is 17.0 Å². The molecule has 0 fully saturated rings. The van der Waals surface area contributed by atoms with E-state index >= 15 is 0 Å². The predicted molar refractivity (Wildman–Crippen MR) is 72.4 cm³/mol. The minimum absolute atomic E-state index is 0.00738. The Hall–Kier alpha value is -1.33. The predicted octanol–water partition coefficient (Wildman–Crippen LogP) is 4.08. The van der Waals surface area contributed by atoms with Gasteiger partial charge in [0.15, 0.2) is 0 Å². The summed E-state index contributed by atoms with van der Waals surface area (Å²) in [6.45, 7) is 0. The zero-order chi connectivity index (χ0) is 13.4. The van der Waals surface area contributed by atoms with E-state index in [-0.39, 0.29) is 11.6 Å². The fraction of sp³-hybridized carbons (Fsp3) is 0.357. The smallest absolute Gasteiger partial charge is 0.263 e. The first-order valence-electron chi connectivity index (χ1n) is 6.29. The summed E-state index contributed by atoms with van der Waals surface area (Å²) in [5.74, 6) is 0. The minimum atomic E-state index is -2.45. The molecule has 0 spiro atoms. The lowest BCUT2D eigenvalue weighted by Crippen LogP contribution is -2.16. The summed E-state index contributed by atoms with van der Waals surface area (Å²) in [6.07, 6.45) is 0.576. The molecule has 1 aromatic carbocycles. The second kappa shape index (κ2) is 4.98. The monoisotopic (exact) mass is 280 g/mol. The third kappa shape index (κ3) is 2.40. The van der Waals surface area contributed by atoms with Gasteiger partial charge in [-0.1, -0.05) is 18.2 Å². The molecule has 0 saturated carbocycles. The number of aryl methyl sites for hydroxylation is 1. The lowest BCUT2D eigenvalue weighted by atomic mass is 9.99. The molecule has 0 bridgehead atoms. The zero-order valence-corrected chi connectivity index (χ0v) is 11.1. The molecule has 0 amide bonds. The number of alkyl halides is 2. The van der Waals surface area contributed by atoms with E-state index in [0.717, 1.165) is 35.5 Å². The van der Waals surface area contributed by atoms with Crippen molar-refractivity contribution in [3.8, 4) is 10.6 Å². The molecule has 100 valence electrons. The maximum absolute atomic E-state index is 12.7. The van der Waals surface area contributed by atoms with Gasteiger partial charge in [-0.05, 0) is 25.3 Å². The third-order valence-electron chi connectivity index (χ3n) is 3.38. The highest BCUT2D eigenvalue weighted by Gasteiger charge is 2.22. The lowest BCUT2D eigenvalue weighted by Gasteiger charge is -2.15. The highest BCUT2D eigenvalue weighted by atomic mass is 32.1. The van der Waals surface area contributed by atoms with Crippen molar-refractivity contribution in [3.05, 3.63) is 40.4 Å². The average molecular weight is 280 g/mol. The van der Waals surface area contributed by atoms with Gasteiger partial charge in [0.2, 0.25) is 0 Å². The summed E-state index contributed by atoms with van der Waals surface area (Å²) >= 11 is 1.58. The Morgan fingerprint density at radius 3 is 2.95 bits per heavy atom. The summed E-state index contributed by atoms with van der Waals surface area (Å²) in [5, 5.41) is 0.796. The van der Waals surface area contributed by atoms with E-state index in [1.807, 2.05) is 6.07 Å². The van der Waals surface area contributed by atoms with E-state index in [0.29, 0.717) is 0 Å². The third-order valence-corrected chi connectivity index (χ3v) is 4.56. The van der Waals surface area contributed by atoms with Crippen molar-refractivity contribution in [2.24, 2.45) is 5.73 Å².